The van der Waals surface area contributed by atoms with Gasteiger partial charge in [0.05, 0.1) is 18.1 Å². The minimum atomic E-state index is -1.27. The van der Waals surface area contributed by atoms with Crippen LogP contribution in [-0.4, -0.2) is 75.8 Å². The number of hydrogen-bond donors (Lipinski definition) is 5. The molecule has 8 heteroatoms. The minimum absolute atomic E-state index is 0.0473. The zero-order valence-electron chi connectivity index (χ0n) is 21.7. The average molecular weight is 496 g/mol. The lowest BCUT2D eigenvalue weighted by Gasteiger charge is -2.65. The van der Waals surface area contributed by atoms with E-state index in [4.69, 9.17) is 9.47 Å². The van der Waals surface area contributed by atoms with Crippen LogP contribution in [0.5, 0.6) is 0 Å². The molecular formula is C27H45NO7. The van der Waals surface area contributed by atoms with Gasteiger partial charge in [-0.15, -0.1) is 0 Å². The van der Waals surface area contributed by atoms with E-state index in [9.17, 15) is 25.2 Å². The number of ether oxygens (including phenoxy) is 2. The van der Waals surface area contributed by atoms with Crippen molar-refractivity contribution in [2.75, 3.05) is 7.05 Å². The number of carbonyl (C=O) groups is 1. The first-order chi connectivity index (χ1) is 16.5. The van der Waals surface area contributed by atoms with E-state index in [1.54, 1.807) is 6.92 Å². The molecule has 3 unspecified atom stereocenters. The molecule has 0 aromatic rings. The summed E-state index contributed by atoms with van der Waals surface area (Å²) in [6.45, 7) is 6.36. The Morgan fingerprint density at radius 3 is 2.37 bits per heavy atom. The van der Waals surface area contributed by atoms with E-state index >= 15 is 0 Å². The van der Waals surface area contributed by atoms with Gasteiger partial charge in [-0.2, -0.15) is 0 Å². The van der Waals surface area contributed by atoms with Crippen molar-refractivity contribution in [3.8, 4) is 0 Å². The monoisotopic (exact) mass is 495 g/mol. The predicted molar refractivity (Wildman–Crippen MR) is 128 cm³/mol. The van der Waals surface area contributed by atoms with E-state index in [0.717, 1.165) is 57.8 Å². The number of aliphatic hydroxyl groups is 3. The molecule has 8 nitrogen and oxygen atoms in total. The zero-order valence-corrected chi connectivity index (χ0v) is 21.7. The van der Waals surface area contributed by atoms with Crippen LogP contribution in [0, 0.1) is 34.5 Å². The van der Waals surface area contributed by atoms with Gasteiger partial charge >= 0.3 is 5.97 Å². The number of nitrogens with one attached hydrogen (secondary N) is 1. The van der Waals surface area contributed by atoms with Crippen LogP contribution in [0.15, 0.2) is 0 Å². The van der Waals surface area contributed by atoms with Gasteiger partial charge in [-0.05, 0) is 100 Å². The van der Waals surface area contributed by atoms with Crippen LogP contribution in [0.1, 0.15) is 78.6 Å². The second-order valence-electron chi connectivity index (χ2n) is 12.8. The summed E-state index contributed by atoms with van der Waals surface area (Å²) < 4.78 is 11.9. The summed E-state index contributed by atoms with van der Waals surface area (Å²) in [6.07, 6.45) is 3.51. The second-order valence-corrected chi connectivity index (χ2v) is 12.8. The largest absolute Gasteiger partial charge is 0.481 e. The number of carboxylic acid groups (broad SMARTS) is 1. The number of fused-ring (bicyclic) bond motifs is 5. The molecule has 4 aliphatic carbocycles. The van der Waals surface area contributed by atoms with Crippen molar-refractivity contribution in [1.29, 1.82) is 0 Å². The molecule has 35 heavy (non-hydrogen) atoms. The van der Waals surface area contributed by atoms with Crippen LogP contribution in [0.3, 0.4) is 0 Å². The van der Waals surface area contributed by atoms with Gasteiger partial charge in [0, 0.05) is 5.54 Å². The Morgan fingerprint density at radius 1 is 0.943 bits per heavy atom. The first-order valence-corrected chi connectivity index (χ1v) is 13.8. The van der Waals surface area contributed by atoms with Crippen LogP contribution in [-0.2, 0) is 14.3 Å². The maximum absolute atomic E-state index is 12.2. The number of carboxylic acids is 1. The molecule has 0 spiro atoms. The standard InChI is InChI=1S/C27H45NO7/c1-14-20(29)21(30)22(31)24(34-14)35-16-7-10-25(2)15(13-16)5-6-18-17(25)8-11-26(3)19(23(32)33)9-12-27(18,26)28-4/h14-22,24,28-31H,5-13H2,1-4H3,(H,32,33)/t14-,15?,16?,17-,18+,19?,20-,21+,22+,24-,25-,26+,27+/m0/s1. The van der Waals surface area contributed by atoms with Gasteiger partial charge in [0.15, 0.2) is 6.29 Å². The van der Waals surface area contributed by atoms with Crippen LogP contribution in [0.25, 0.3) is 0 Å². The highest BCUT2D eigenvalue weighted by Gasteiger charge is 2.68. The molecule has 0 amide bonds. The first-order valence-electron chi connectivity index (χ1n) is 13.8. The highest BCUT2D eigenvalue weighted by Crippen LogP contribution is 2.69. The van der Waals surface area contributed by atoms with Crippen molar-refractivity contribution in [3.05, 3.63) is 0 Å². The topological polar surface area (TPSA) is 128 Å². The average Bonchev–Trinajstić information content (AvgIpc) is 3.14. The summed E-state index contributed by atoms with van der Waals surface area (Å²) in [5.41, 5.74) is -0.146. The quantitative estimate of drug-likeness (QED) is 0.376. The molecule has 5 fully saturated rings. The van der Waals surface area contributed by atoms with Crippen LogP contribution in [0.2, 0.25) is 0 Å². The Hall–Kier alpha value is -0.770. The summed E-state index contributed by atoms with van der Waals surface area (Å²) >= 11 is 0. The molecule has 200 valence electrons. The Labute approximate surface area is 208 Å². The third-order valence-electron chi connectivity index (χ3n) is 11.7. The van der Waals surface area contributed by atoms with Crippen molar-refractivity contribution in [3.63, 3.8) is 0 Å². The Kier molecular flexibility index (Phi) is 6.59. The number of aliphatic carboxylic acids is 1. The molecule has 1 saturated heterocycles. The summed E-state index contributed by atoms with van der Waals surface area (Å²) in [4.78, 5) is 12.2. The van der Waals surface area contributed by atoms with E-state index in [0.29, 0.717) is 17.8 Å². The minimum Gasteiger partial charge on any atom is -0.481 e. The van der Waals surface area contributed by atoms with Gasteiger partial charge in [-0.25, -0.2) is 0 Å². The molecule has 5 N–H and O–H groups in total. The number of aliphatic hydroxyl groups excluding tert-OH is 3. The molecule has 0 bridgehead atoms. The van der Waals surface area contributed by atoms with Gasteiger partial charge in [0.2, 0.25) is 0 Å². The van der Waals surface area contributed by atoms with E-state index in [2.05, 4.69) is 19.2 Å². The Morgan fingerprint density at radius 2 is 1.69 bits per heavy atom. The van der Waals surface area contributed by atoms with Gasteiger partial charge in [0.1, 0.15) is 18.3 Å². The molecule has 4 saturated carbocycles. The molecule has 1 heterocycles. The van der Waals surface area contributed by atoms with Crippen LogP contribution < -0.4 is 5.32 Å². The van der Waals surface area contributed by atoms with Gasteiger partial charge in [-0.3, -0.25) is 4.79 Å². The Bertz CT molecular complexity index is 825. The van der Waals surface area contributed by atoms with Gasteiger partial charge < -0.3 is 35.2 Å². The van der Waals surface area contributed by atoms with Crippen molar-refractivity contribution in [2.24, 2.45) is 34.5 Å². The van der Waals surface area contributed by atoms with E-state index in [1.807, 2.05) is 7.05 Å². The highest BCUT2D eigenvalue weighted by molar-refractivity contribution is 5.72. The number of rotatable bonds is 4. The lowest BCUT2D eigenvalue weighted by molar-refractivity contribution is -0.309. The molecule has 0 aromatic heterocycles. The second kappa shape index (κ2) is 8.91. The summed E-state index contributed by atoms with van der Waals surface area (Å²) in [5, 5.41) is 44.3. The fourth-order valence-corrected chi connectivity index (χ4v) is 9.66. The molecule has 13 atom stereocenters. The summed E-state index contributed by atoms with van der Waals surface area (Å²) in [7, 11) is 2.05. The maximum atomic E-state index is 12.2. The maximum Gasteiger partial charge on any atom is 0.307 e. The zero-order chi connectivity index (χ0) is 25.3. The summed E-state index contributed by atoms with van der Waals surface area (Å²) in [6, 6.07) is 0. The fraction of sp³-hybridized carbons (Fsp3) is 0.963. The smallest absolute Gasteiger partial charge is 0.307 e. The fourth-order valence-electron chi connectivity index (χ4n) is 9.66. The highest BCUT2D eigenvalue weighted by atomic mass is 16.7. The first kappa shape index (κ1) is 25.9. The molecule has 0 radical (unpaired) electrons. The molecule has 5 aliphatic rings. The van der Waals surface area contributed by atoms with E-state index < -0.39 is 36.7 Å². The SMILES string of the molecule is CN[C@@]12CCC(C(=O)O)[C@@]1(C)CC[C@H]1[C@H]2CCC2CC(O[C@@H]3O[C@@H](C)[C@H](O)[C@@H](O)[C@H]3O)CC[C@@]21C. The van der Waals surface area contributed by atoms with E-state index in [1.165, 1.54) is 0 Å². The predicted octanol–water partition coefficient (Wildman–Crippen LogP) is 2.28. The number of hydrogen-bond acceptors (Lipinski definition) is 7. The normalized spacial score (nSPS) is 56.1. The lowest BCUT2D eigenvalue weighted by Crippen LogP contribution is -2.67. The van der Waals surface area contributed by atoms with Gasteiger partial charge in [0.25, 0.3) is 0 Å². The molecule has 1 aliphatic heterocycles. The van der Waals surface area contributed by atoms with Crippen molar-refractivity contribution < 1.29 is 34.7 Å². The Balaban J connectivity index is 1.31. The van der Waals surface area contributed by atoms with Crippen molar-refractivity contribution in [1.82, 2.24) is 5.32 Å². The third kappa shape index (κ3) is 3.65. The van der Waals surface area contributed by atoms with E-state index in [-0.39, 0.29) is 28.4 Å². The molecular weight excluding hydrogens is 450 g/mol. The van der Waals surface area contributed by atoms with Crippen molar-refractivity contribution >= 4 is 5.97 Å². The third-order valence-corrected chi connectivity index (χ3v) is 11.7. The molecule has 0 aromatic carbocycles. The van der Waals surface area contributed by atoms with Crippen LogP contribution >= 0.6 is 0 Å². The summed E-state index contributed by atoms with van der Waals surface area (Å²) in [5.74, 6) is 0.633. The lowest BCUT2D eigenvalue weighted by atomic mass is 9.42. The molecule has 5 rings (SSSR count). The van der Waals surface area contributed by atoms with Crippen LogP contribution in [0.4, 0.5) is 0 Å². The van der Waals surface area contributed by atoms with Crippen molar-refractivity contribution in [2.45, 2.75) is 121 Å². The van der Waals surface area contributed by atoms with Gasteiger partial charge in [-0.1, -0.05) is 13.8 Å².